The topological polar surface area (TPSA) is 108 Å². The molecule has 0 radical (unpaired) electrons. The fraction of sp³-hybridized carbons (Fsp3) is 0.292. The van der Waals surface area contributed by atoms with Crippen LogP contribution < -0.4 is 10.6 Å². The van der Waals surface area contributed by atoms with Crippen molar-refractivity contribution in [2.45, 2.75) is 43.0 Å². The standard InChI is InChI=1S/C24H26N4O4S2/c1-28(20-5-3-2-4-6-20)34(31,32)21-13-9-18(10-14-21)22(29)26-19-11-7-17(8-12-19)23(30)27-24-25-15-16-33-24/h7-16,20H,2-6H2,1H3,(H,26,29)(H,25,27,30). The summed E-state index contributed by atoms with van der Waals surface area (Å²) in [6.07, 6.45) is 6.60. The summed E-state index contributed by atoms with van der Waals surface area (Å²) in [5.74, 6) is -0.660. The number of carbonyl (C=O) groups excluding carboxylic acids is 2. The van der Waals surface area contributed by atoms with E-state index in [1.54, 1.807) is 42.9 Å². The zero-order valence-electron chi connectivity index (χ0n) is 18.7. The Hall–Kier alpha value is -3.08. The Bertz CT molecular complexity index is 1240. The van der Waals surface area contributed by atoms with Gasteiger partial charge in [-0.3, -0.25) is 14.9 Å². The predicted molar refractivity (Wildman–Crippen MR) is 133 cm³/mol. The van der Waals surface area contributed by atoms with Gasteiger partial charge in [0.1, 0.15) is 0 Å². The maximum absolute atomic E-state index is 13.0. The molecule has 0 bridgehead atoms. The van der Waals surface area contributed by atoms with Crippen LogP contribution in [-0.2, 0) is 10.0 Å². The molecule has 2 aromatic carbocycles. The van der Waals surface area contributed by atoms with Gasteiger partial charge < -0.3 is 5.32 Å². The number of thiazole rings is 1. The van der Waals surface area contributed by atoms with Gasteiger partial charge in [-0.1, -0.05) is 19.3 Å². The highest BCUT2D eigenvalue weighted by Gasteiger charge is 2.29. The van der Waals surface area contributed by atoms with Gasteiger partial charge in [-0.25, -0.2) is 13.4 Å². The fourth-order valence-electron chi connectivity index (χ4n) is 3.95. The van der Waals surface area contributed by atoms with Gasteiger partial charge in [0.05, 0.1) is 4.90 Å². The lowest BCUT2D eigenvalue weighted by molar-refractivity contribution is 0.102. The number of rotatable bonds is 7. The minimum absolute atomic E-state index is 0.0216. The monoisotopic (exact) mass is 498 g/mol. The summed E-state index contributed by atoms with van der Waals surface area (Å²) in [6.45, 7) is 0. The molecule has 1 aliphatic carbocycles. The molecular weight excluding hydrogens is 472 g/mol. The van der Waals surface area contributed by atoms with E-state index in [1.807, 2.05) is 0 Å². The second kappa shape index (κ2) is 10.5. The van der Waals surface area contributed by atoms with Crippen LogP contribution in [0.15, 0.2) is 65.0 Å². The zero-order valence-corrected chi connectivity index (χ0v) is 20.4. The molecule has 4 rings (SSSR count). The number of nitrogens with zero attached hydrogens (tertiary/aromatic N) is 2. The maximum atomic E-state index is 13.0. The van der Waals surface area contributed by atoms with Crippen molar-refractivity contribution in [1.29, 1.82) is 0 Å². The third-order valence-electron chi connectivity index (χ3n) is 5.94. The van der Waals surface area contributed by atoms with E-state index in [4.69, 9.17) is 0 Å². The number of benzene rings is 2. The Morgan fingerprint density at radius 3 is 2.09 bits per heavy atom. The summed E-state index contributed by atoms with van der Waals surface area (Å²) < 4.78 is 27.4. The van der Waals surface area contributed by atoms with Crippen LogP contribution in [0.3, 0.4) is 0 Å². The molecule has 10 heteroatoms. The molecule has 0 aliphatic heterocycles. The van der Waals surface area contributed by atoms with Crippen molar-refractivity contribution < 1.29 is 18.0 Å². The molecule has 8 nitrogen and oxygen atoms in total. The molecule has 1 heterocycles. The fourth-order valence-corrected chi connectivity index (χ4v) is 5.89. The summed E-state index contributed by atoms with van der Waals surface area (Å²) in [5.41, 5.74) is 1.29. The second-order valence-corrected chi connectivity index (χ2v) is 11.1. The van der Waals surface area contributed by atoms with Gasteiger partial charge in [0.2, 0.25) is 10.0 Å². The van der Waals surface area contributed by atoms with Crippen molar-refractivity contribution in [2.24, 2.45) is 0 Å². The zero-order chi connectivity index (χ0) is 24.1. The largest absolute Gasteiger partial charge is 0.322 e. The number of amides is 2. The number of hydrogen-bond acceptors (Lipinski definition) is 6. The molecule has 1 saturated carbocycles. The molecule has 3 aromatic rings. The van der Waals surface area contributed by atoms with Crippen molar-refractivity contribution in [3.63, 3.8) is 0 Å². The number of carbonyl (C=O) groups is 2. The van der Waals surface area contributed by atoms with Gasteiger partial charge in [-0.15, -0.1) is 11.3 Å². The highest BCUT2D eigenvalue weighted by Crippen LogP contribution is 2.26. The summed E-state index contributed by atoms with van der Waals surface area (Å²) >= 11 is 1.33. The molecule has 1 fully saturated rings. The van der Waals surface area contributed by atoms with Crippen molar-refractivity contribution >= 4 is 44.0 Å². The number of nitrogens with one attached hydrogen (secondary N) is 2. The van der Waals surface area contributed by atoms with Gasteiger partial charge >= 0.3 is 0 Å². The lowest BCUT2D eigenvalue weighted by Gasteiger charge is -2.30. The maximum Gasteiger partial charge on any atom is 0.257 e. The summed E-state index contributed by atoms with van der Waals surface area (Å²) in [5, 5.41) is 7.74. The molecule has 2 amide bonds. The van der Waals surface area contributed by atoms with Crippen molar-refractivity contribution in [3.8, 4) is 0 Å². The van der Waals surface area contributed by atoms with Crippen LogP contribution in [0.4, 0.5) is 10.8 Å². The molecule has 0 unspecified atom stereocenters. The van der Waals surface area contributed by atoms with E-state index >= 15 is 0 Å². The predicted octanol–water partition coefficient (Wildman–Crippen LogP) is 4.60. The first-order chi connectivity index (χ1) is 16.3. The molecule has 0 atom stereocenters. The number of sulfonamides is 1. The van der Waals surface area contributed by atoms with Crippen molar-refractivity contribution in [3.05, 3.63) is 71.2 Å². The van der Waals surface area contributed by atoms with Gasteiger partial charge in [-0.05, 0) is 61.4 Å². The highest BCUT2D eigenvalue weighted by atomic mass is 32.2. The van der Waals surface area contributed by atoms with Crippen LogP contribution in [0.1, 0.15) is 52.8 Å². The van der Waals surface area contributed by atoms with E-state index < -0.39 is 10.0 Å². The Balaban J connectivity index is 1.38. The van der Waals surface area contributed by atoms with E-state index in [2.05, 4.69) is 15.6 Å². The number of aromatic nitrogens is 1. The Morgan fingerprint density at radius 2 is 1.50 bits per heavy atom. The van der Waals surface area contributed by atoms with Crippen LogP contribution in [0.25, 0.3) is 0 Å². The van der Waals surface area contributed by atoms with E-state index in [9.17, 15) is 18.0 Å². The SMILES string of the molecule is CN(C1CCCCC1)S(=O)(=O)c1ccc(C(=O)Nc2ccc(C(=O)Nc3nccs3)cc2)cc1. The van der Waals surface area contributed by atoms with Crippen LogP contribution in [0, 0.1) is 0 Å². The molecular formula is C24H26N4O4S2. The highest BCUT2D eigenvalue weighted by molar-refractivity contribution is 7.89. The number of anilines is 2. The van der Waals surface area contributed by atoms with E-state index in [0.717, 1.165) is 32.1 Å². The first-order valence-corrected chi connectivity index (χ1v) is 13.4. The Labute approximate surface area is 203 Å². The molecule has 2 N–H and O–H groups in total. The average molecular weight is 499 g/mol. The van der Waals surface area contributed by atoms with Gasteiger partial charge in [-0.2, -0.15) is 4.31 Å². The first kappa shape index (κ1) is 24.1. The molecule has 178 valence electrons. The lowest BCUT2D eigenvalue weighted by Crippen LogP contribution is -2.38. The third kappa shape index (κ3) is 5.52. The van der Waals surface area contributed by atoms with Crippen LogP contribution >= 0.6 is 11.3 Å². The summed E-state index contributed by atoms with van der Waals surface area (Å²) in [4.78, 5) is 29.1. The average Bonchev–Trinajstić information content (AvgIpc) is 3.37. The minimum atomic E-state index is -3.61. The summed E-state index contributed by atoms with van der Waals surface area (Å²) in [6, 6.07) is 12.4. The van der Waals surface area contributed by atoms with Gasteiger partial charge in [0, 0.05) is 41.5 Å². The molecule has 1 aromatic heterocycles. The number of hydrogen-bond donors (Lipinski definition) is 2. The normalized spacial score (nSPS) is 14.6. The molecule has 0 saturated heterocycles. The molecule has 34 heavy (non-hydrogen) atoms. The quantitative estimate of drug-likeness (QED) is 0.495. The second-order valence-electron chi connectivity index (χ2n) is 8.16. The third-order valence-corrected chi connectivity index (χ3v) is 8.55. The Kier molecular flexibility index (Phi) is 7.40. The Morgan fingerprint density at radius 1 is 0.912 bits per heavy atom. The first-order valence-electron chi connectivity index (χ1n) is 11.0. The molecule has 1 aliphatic rings. The van der Waals surface area contributed by atoms with E-state index in [1.165, 1.54) is 39.9 Å². The van der Waals surface area contributed by atoms with Crippen molar-refractivity contribution in [2.75, 3.05) is 17.7 Å². The van der Waals surface area contributed by atoms with Crippen LogP contribution in [-0.4, -0.2) is 42.6 Å². The van der Waals surface area contributed by atoms with E-state index in [0.29, 0.717) is 21.9 Å². The lowest BCUT2D eigenvalue weighted by atomic mass is 9.96. The van der Waals surface area contributed by atoms with Crippen LogP contribution in [0.5, 0.6) is 0 Å². The van der Waals surface area contributed by atoms with Crippen molar-refractivity contribution in [1.82, 2.24) is 9.29 Å². The van der Waals surface area contributed by atoms with Crippen LogP contribution in [0.2, 0.25) is 0 Å². The van der Waals surface area contributed by atoms with E-state index in [-0.39, 0.29) is 22.8 Å². The van der Waals surface area contributed by atoms with Gasteiger partial charge in [0.25, 0.3) is 11.8 Å². The summed E-state index contributed by atoms with van der Waals surface area (Å²) in [7, 11) is -1.98. The smallest absolute Gasteiger partial charge is 0.257 e. The van der Waals surface area contributed by atoms with Gasteiger partial charge in [0.15, 0.2) is 5.13 Å². The minimum Gasteiger partial charge on any atom is -0.322 e. The molecule has 0 spiro atoms.